The summed E-state index contributed by atoms with van der Waals surface area (Å²) in [6.45, 7) is 2.74. The number of hydrogen-bond donors (Lipinski definition) is 2. The molecule has 10 heteroatoms. The first-order valence-corrected chi connectivity index (χ1v) is 11.9. The van der Waals surface area contributed by atoms with Crippen molar-refractivity contribution < 1.29 is 23.5 Å². The molecule has 36 heavy (non-hydrogen) atoms. The van der Waals surface area contributed by atoms with E-state index in [1.165, 1.54) is 37.3 Å². The number of nitrogens with zero attached hydrogens (tertiary/aromatic N) is 3. The van der Waals surface area contributed by atoms with Crippen LogP contribution >= 0.6 is 0 Å². The van der Waals surface area contributed by atoms with Gasteiger partial charge < -0.3 is 15.0 Å². The van der Waals surface area contributed by atoms with Crippen LogP contribution in [-0.4, -0.2) is 64.9 Å². The number of piperidine rings is 1. The Kier molecular flexibility index (Phi) is 6.33. The van der Waals surface area contributed by atoms with Gasteiger partial charge in [-0.1, -0.05) is 24.3 Å². The van der Waals surface area contributed by atoms with Crippen molar-refractivity contribution in [1.82, 2.24) is 25.4 Å². The van der Waals surface area contributed by atoms with Gasteiger partial charge in [-0.05, 0) is 49.7 Å². The molecule has 0 saturated carbocycles. The van der Waals surface area contributed by atoms with Crippen molar-refractivity contribution >= 4 is 17.8 Å². The van der Waals surface area contributed by atoms with Gasteiger partial charge in [-0.25, -0.2) is 9.18 Å². The Morgan fingerprint density at radius 1 is 1.14 bits per heavy atom. The maximum absolute atomic E-state index is 14.7. The molecule has 4 amide bonds. The molecule has 9 nitrogen and oxygen atoms in total. The third-order valence-corrected chi connectivity index (χ3v) is 6.72. The highest BCUT2D eigenvalue weighted by Crippen LogP contribution is 2.32. The molecule has 2 saturated heterocycles. The van der Waals surface area contributed by atoms with Gasteiger partial charge in [-0.3, -0.25) is 24.8 Å². The molecule has 1 aromatic carbocycles. The number of hydrogen-bond acceptors (Lipinski definition) is 6. The fraction of sp³-hybridized carbons (Fsp3) is 0.385. The van der Waals surface area contributed by atoms with Gasteiger partial charge in [0.25, 0.3) is 11.8 Å². The molecule has 0 spiro atoms. The Bertz CT molecular complexity index is 1280. The number of carbonyl (C=O) groups is 3. The zero-order valence-corrected chi connectivity index (χ0v) is 19.9. The van der Waals surface area contributed by atoms with E-state index >= 15 is 0 Å². The van der Waals surface area contributed by atoms with Gasteiger partial charge in [0.15, 0.2) is 11.6 Å². The van der Waals surface area contributed by atoms with Gasteiger partial charge in [0, 0.05) is 24.8 Å². The number of ether oxygens (including phenoxy) is 1. The quantitative estimate of drug-likeness (QED) is 0.489. The summed E-state index contributed by atoms with van der Waals surface area (Å²) in [6.07, 6.45) is 5.30. The molecule has 186 valence electrons. The normalized spacial score (nSPS) is 21.5. The van der Waals surface area contributed by atoms with Crippen LogP contribution in [0.15, 0.2) is 30.5 Å². The van der Waals surface area contributed by atoms with Crippen molar-refractivity contribution in [3.8, 4) is 17.6 Å². The van der Waals surface area contributed by atoms with Crippen molar-refractivity contribution in [3.63, 3.8) is 0 Å². The minimum absolute atomic E-state index is 0.0402. The number of nitrogens with one attached hydrogen (secondary N) is 2. The maximum Gasteiger partial charge on any atom is 0.323 e. The smallest absolute Gasteiger partial charge is 0.323 e. The topological polar surface area (TPSA) is 104 Å². The lowest BCUT2D eigenvalue weighted by Crippen LogP contribution is -2.54. The number of halogens is 1. The SMILES string of the molecule is COc1ccc2c(c1F)C(=O)N(C[C@@]1(C#Cc3ccc(CN4CCCCC4)nc3)NC(=O)NC1=O)C2. The summed E-state index contributed by atoms with van der Waals surface area (Å²) in [6, 6.07) is 6.07. The summed E-state index contributed by atoms with van der Waals surface area (Å²) in [5.74, 6) is 3.70. The zero-order valence-electron chi connectivity index (χ0n) is 19.9. The minimum atomic E-state index is -1.68. The molecule has 4 heterocycles. The van der Waals surface area contributed by atoms with Crippen molar-refractivity contribution in [1.29, 1.82) is 0 Å². The summed E-state index contributed by atoms with van der Waals surface area (Å²) in [4.78, 5) is 46.0. The first-order chi connectivity index (χ1) is 17.4. The minimum Gasteiger partial charge on any atom is -0.494 e. The second-order valence-corrected chi connectivity index (χ2v) is 9.22. The number of imide groups is 1. The van der Waals surface area contributed by atoms with Crippen molar-refractivity contribution in [2.45, 2.75) is 37.9 Å². The fourth-order valence-electron chi connectivity index (χ4n) is 4.82. The third-order valence-electron chi connectivity index (χ3n) is 6.72. The van der Waals surface area contributed by atoms with Crippen LogP contribution in [0.1, 0.15) is 46.4 Å². The van der Waals surface area contributed by atoms with Gasteiger partial charge in [-0.15, -0.1) is 0 Å². The molecule has 1 aromatic heterocycles. The van der Waals surface area contributed by atoms with Gasteiger partial charge >= 0.3 is 6.03 Å². The van der Waals surface area contributed by atoms with E-state index in [1.807, 2.05) is 12.1 Å². The predicted molar refractivity (Wildman–Crippen MR) is 127 cm³/mol. The standard InChI is InChI=1S/C26H26FN5O4/c1-36-20-8-6-18-14-32(23(33)21(18)22(20)27)16-26(24(34)29-25(35)30-26)10-9-17-5-7-19(28-13-17)15-31-11-3-2-4-12-31/h5-8,13H,2-4,11-12,14-16H2,1H3,(H2,29,30,34,35)/t26-/m1/s1. The third kappa shape index (κ3) is 4.50. The summed E-state index contributed by atoms with van der Waals surface area (Å²) < 4.78 is 19.7. The molecule has 3 aliphatic rings. The highest BCUT2D eigenvalue weighted by molar-refractivity contribution is 6.10. The van der Waals surface area contributed by atoms with Crippen LogP contribution < -0.4 is 15.4 Å². The van der Waals surface area contributed by atoms with E-state index in [-0.39, 0.29) is 24.4 Å². The largest absolute Gasteiger partial charge is 0.494 e. The number of pyridine rings is 1. The van der Waals surface area contributed by atoms with Crippen LogP contribution in [0.2, 0.25) is 0 Å². The summed E-state index contributed by atoms with van der Waals surface area (Å²) >= 11 is 0. The van der Waals surface area contributed by atoms with Crippen molar-refractivity contribution in [2.24, 2.45) is 0 Å². The molecule has 0 radical (unpaired) electrons. The van der Waals surface area contributed by atoms with Crippen LogP contribution in [0.25, 0.3) is 0 Å². The Hall–Kier alpha value is -3.97. The number of aromatic nitrogens is 1. The molecule has 5 rings (SSSR count). The molecule has 2 aromatic rings. The molecule has 0 aliphatic carbocycles. The van der Waals surface area contributed by atoms with Gasteiger partial charge in [0.05, 0.1) is 24.9 Å². The summed E-state index contributed by atoms with van der Waals surface area (Å²) in [5.41, 5.74) is 0.191. The number of fused-ring (bicyclic) bond motifs is 1. The summed E-state index contributed by atoms with van der Waals surface area (Å²) in [5, 5.41) is 4.75. The second-order valence-electron chi connectivity index (χ2n) is 9.22. The van der Waals surface area contributed by atoms with Crippen LogP contribution in [0.5, 0.6) is 5.75 Å². The first-order valence-electron chi connectivity index (χ1n) is 11.9. The average molecular weight is 492 g/mol. The van der Waals surface area contributed by atoms with Gasteiger partial charge in [0.2, 0.25) is 5.54 Å². The van der Waals surface area contributed by atoms with Gasteiger partial charge in [-0.2, -0.15) is 0 Å². The number of rotatable bonds is 5. The first kappa shape index (κ1) is 23.8. The summed E-state index contributed by atoms with van der Waals surface area (Å²) in [7, 11) is 1.32. The molecule has 0 bridgehead atoms. The molecule has 3 aliphatic heterocycles. The molecule has 0 unspecified atom stereocenters. The second kappa shape index (κ2) is 9.59. The van der Waals surface area contributed by atoms with Gasteiger partial charge in [0.1, 0.15) is 0 Å². The Morgan fingerprint density at radius 3 is 2.61 bits per heavy atom. The van der Waals surface area contributed by atoms with Crippen LogP contribution in [-0.2, 0) is 17.9 Å². The van der Waals surface area contributed by atoms with E-state index in [0.717, 1.165) is 25.3 Å². The van der Waals surface area contributed by atoms with Crippen LogP contribution in [0, 0.1) is 17.7 Å². The highest BCUT2D eigenvalue weighted by atomic mass is 19.1. The Morgan fingerprint density at radius 2 is 1.94 bits per heavy atom. The predicted octanol–water partition coefficient (Wildman–Crippen LogP) is 1.80. The lowest BCUT2D eigenvalue weighted by molar-refractivity contribution is -0.122. The number of benzene rings is 1. The maximum atomic E-state index is 14.7. The Balaban J connectivity index is 1.36. The van der Waals surface area contributed by atoms with E-state index < -0.39 is 29.2 Å². The number of urea groups is 1. The number of likely N-dealkylation sites (tertiary alicyclic amines) is 1. The fourth-order valence-corrected chi connectivity index (χ4v) is 4.82. The van der Waals surface area contributed by atoms with E-state index in [9.17, 15) is 18.8 Å². The van der Waals surface area contributed by atoms with Crippen molar-refractivity contribution in [2.75, 3.05) is 26.7 Å². The van der Waals surface area contributed by atoms with Crippen LogP contribution in [0.4, 0.5) is 9.18 Å². The molecule has 2 fully saturated rings. The average Bonchev–Trinajstić information content (AvgIpc) is 3.34. The van der Waals surface area contributed by atoms with E-state index in [2.05, 4.69) is 32.4 Å². The lowest BCUT2D eigenvalue weighted by atomic mass is 9.99. The monoisotopic (exact) mass is 491 g/mol. The molecular weight excluding hydrogens is 465 g/mol. The lowest BCUT2D eigenvalue weighted by Gasteiger charge is -2.26. The van der Waals surface area contributed by atoms with E-state index in [0.29, 0.717) is 11.1 Å². The van der Waals surface area contributed by atoms with Crippen molar-refractivity contribution in [3.05, 3.63) is 58.7 Å². The zero-order chi connectivity index (χ0) is 25.3. The number of amides is 4. The molecular formula is C26H26FN5O4. The molecule has 1 atom stereocenters. The number of methoxy groups -OCH3 is 1. The molecule has 2 N–H and O–H groups in total. The van der Waals surface area contributed by atoms with Crippen LogP contribution in [0.3, 0.4) is 0 Å². The number of carbonyl (C=O) groups excluding carboxylic acids is 3. The Labute approximate surface area is 208 Å². The highest BCUT2D eigenvalue weighted by Gasteiger charge is 2.48. The van der Waals surface area contributed by atoms with E-state index in [1.54, 1.807) is 12.3 Å². The van der Waals surface area contributed by atoms with E-state index in [4.69, 9.17) is 4.74 Å².